The summed E-state index contributed by atoms with van der Waals surface area (Å²) >= 11 is 1.81. The lowest BCUT2D eigenvalue weighted by molar-refractivity contribution is -0.892. The minimum absolute atomic E-state index is 0.266. The molecular weight excluding hydrogens is 478 g/mol. The highest BCUT2D eigenvalue weighted by molar-refractivity contribution is 8.03. The Kier molecular flexibility index (Phi) is 7.86. The number of aromatic nitrogens is 1. The van der Waals surface area contributed by atoms with Gasteiger partial charge in [0, 0.05) is 29.8 Å². The molecule has 0 saturated carbocycles. The van der Waals surface area contributed by atoms with Crippen LogP contribution in [0.1, 0.15) is 24.8 Å². The molecule has 3 aromatic rings. The molecule has 2 heterocycles. The van der Waals surface area contributed by atoms with Crippen molar-refractivity contribution in [3.05, 3.63) is 71.4 Å². The molecule has 1 aliphatic rings. The smallest absolute Gasteiger partial charge is 0.213 e. The number of thioether (sulfide) groups is 1. The van der Waals surface area contributed by atoms with Crippen molar-refractivity contribution < 1.29 is 22.0 Å². The number of quaternary nitrogens is 1. The van der Waals surface area contributed by atoms with Gasteiger partial charge < -0.3 is 13.9 Å². The number of rotatable bonds is 10. The van der Waals surface area contributed by atoms with Crippen molar-refractivity contribution in [2.45, 2.75) is 30.7 Å². The molecule has 0 radical (unpaired) electrons. The third-order valence-electron chi connectivity index (χ3n) is 6.58. The molecule has 0 atom stereocenters. The molecule has 0 unspecified atom stereocenters. The SMILES string of the molecule is CN1C(=Cc2cc[n+](CCC[N+](C)(C)CCCCS(=O)(=O)[O-])c3ccccc23)Sc2ccccc21. The molecule has 0 aliphatic carbocycles. The summed E-state index contributed by atoms with van der Waals surface area (Å²) in [6, 6.07) is 19.2. The first kappa shape index (κ1) is 25.7. The lowest BCUT2D eigenvalue weighted by Crippen LogP contribution is -2.44. The van der Waals surface area contributed by atoms with Gasteiger partial charge in [-0.05, 0) is 42.7 Å². The summed E-state index contributed by atoms with van der Waals surface area (Å²) in [5.41, 5.74) is 3.67. The minimum atomic E-state index is -4.11. The predicted octanol–water partition coefficient (Wildman–Crippen LogP) is 4.46. The van der Waals surface area contributed by atoms with Crippen LogP contribution in [-0.4, -0.2) is 57.4 Å². The van der Waals surface area contributed by atoms with Gasteiger partial charge in [0.2, 0.25) is 5.52 Å². The van der Waals surface area contributed by atoms with Crippen LogP contribution >= 0.6 is 11.8 Å². The van der Waals surface area contributed by atoms with Gasteiger partial charge in [-0.1, -0.05) is 36.0 Å². The maximum absolute atomic E-state index is 10.8. The first-order valence-electron chi connectivity index (χ1n) is 12.0. The van der Waals surface area contributed by atoms with Gasteiger partial charge in [0.1, 0.15) is 0 Å². The molecule has 1 aliphatic heterocycles. The summed E-state index contributed by atoms with van der Waals surface area (Å²) in [5.74, 6) is -0.266. The van der Waals surface area contributed by atoms with Crippen molar-refractivity contribution in [3.8, 4) is 0 Å². The molecule has 2 aromatic carbocycles. The van der Waals surface area contributed by atoms with Crippen molar-refractivity contribution in [1.82, 2.24) is 0 Å². The Morgan fingerprint density at radius 2 is 1.71 bits per heavy atom. The number of pyridine rings is 1. The molecule has 0 bridgehead atoms. The molecule has 35 heavy (non-hydrogen) atoms. The van der Waals surface area contributed by atoms with Crippen LogP contribution in [0, 0.1) is 0 Å². The highest BCUT2D eigenvalue weighted by atomic mass is 32.2. The number of aryl methyl sites for hydroxylation is 1. The van der Waals surface area contributed by atoms with E-state index in [1.807, 2.05) is 0 Å². The third kappa shape index (κ3) is 6.64. The number of fused-ring (bicyclic) bond motifs is 2. The van der Waals surface area contributed by atoms with Gasteiger partial charge in [-0.3, -0.25) is 0 Å². The topological polar surface area (TPSA) is 64.3 Å². The average molecular weight is 513 g/mol. The van der Waals surface area contributed by atoms with Crippen LogP contribution in [0.25, 0.3) is 17.0 Å². The number of unbranched alkanes of at least 4 members (excludes halogenated alkanes) is 1. The van der Waals surface area contributed by atoms with Gasteiger partial charge in [-0.15, -0.1) is 0 Å². The molecule has 8 heteroatoms. The maximum atomic E-state index is 10.8. The molecule has 0 N–H and O–H groups in total. The quantitative estimate of drug-likeness (QED) is 0.174. The van der Waals surface area contributed by atoms with Crippen LogP contribution in [0.5, 0.6) is 0 Å². The lowest BCUT2D eigenvalue weighted by atomic mass is 10.1. The van der Waals surface area contributed by atoms with Crippen molar-refractivity contribution in [2.75, 3.05) is 44.9 Å². The van der Waals surface area contributed by atoms with E-state index in [0.717, 1.165) is 37.0 Å². The van der Waals surface area contributed by atoms with E-state index in [0.29, 0.717) is 6.42 Å². The van der Waals surface area contributed by atoms with Gasteiger partial charge >= 0.3 is 0 Å². The van der Waals surface area contributed by atoms with E-state index in [9.17, 15) is 13.0 Å². The second kappa shape index (κ2) is 10.7. The molecular formula is C27H34N3O3S2+. The van der Waals surface area contributed by atoms with Crippen LogP contribution in [0.2, 0.25) is 0 Å². The fourth-order valence-corrected chi connectivity index (χ4v) is 6.27. The molecule has 0 spiro atoms. The maximum Gasteiger partial charge on any atom is 0.213 e. The predicted molar refractivity (Wildman–Crippen MR) is 143 cm³/mol. The van der Waals surface area contributed by atoms with Crippen molar-refractivity contribution >= 4 is 44.5 Å². The second-order valence-corrected chi connectivity index (χ2v) is 12.4. The van der Waals surface area contributed by atoms with E-state index >= 15 is 0 Å². The zero-order valence-electron chi connectivity index (χ0n) is 20.7. The first-order valence-corrected chi connectivity index (χ1v) is 14.4. The Labute approximate surface area is 213 Å². The summed E-state index contributed by atoms with van der Waals surface area (Å²) in [5, 5.41) is 2.46. The summed E-state index contributed by atoms with van der Waals surface area (Å²) in [6.45, 7) is 2.76. The van der Waals surface area contributed by atoms with Gasteiger partial charge in [0.15, 0.2) is 12.7 Å². The van der Waals surface area contributed by atoms with Crippen molar-refractivity contribution in [1.29, 1.82) is 0 Å². The highest BCUT2D eigenvalue weighted by Gasteiger charge is 2.22. The fraction of sp³-hybridized carbons (Fsp3) is 0.370. The monoisotopic (exact) mass is 512 g/mol. The van der Waals surface area contributed by atoms with E-state index < -0.39 is 10.1 Å². The zero-order valence-corrected chi connectivity index (χ0v) is 22.3. The summed E-state index contributed by atoms with van der Waals surface area (Å²) in [7, 11) is 2.34. The number of hydrogen-bond acceptors (Lipinski definition) is 5. The highest BCUT2D eigenvalue weighted by Crippen LogP contribution is 2.45. The zero-order chi connectivity index (χ0) is 25.1. The van der Waals surface area contributed by atoms with Gasteiger partial charge in [-0.2, -0.15) is 4.57 Å². The number of benzene rings is 2. The Balaban J connectivity index is 1.43. The third-order valence-corrected chi connectivity index (χ3v) is 8.53. The Morgan fingerprint density at radius 3 is 2.49 bits per heavy atom. The van der Waals surface area contributed by atoms with E-state index in [1.165, 1.54) is 32.1 Å². The minimum Gasteiger partial charge on any atom is -0.748 e. The van der Waals surface area contributed by atoms with Crippen molar-refractivity contribution in [2.24, 2.45) is 0 Å². The van der Waals surface area contributed by atoms with Gasteiger partial charge in [-0.25, -0.2) is 8.42 Å². The molecule has 186 valence electrons. The summed E-state index contributed by atoms with van der Waals surface area (Å²) in [4.78, 5) is 3.54. The molecule has 0 saturated heterocycles. The standard InChI is InChI=1S/C27H34N3O3S2/c1-28-25-13-6-7-14-26(25)34-27(28)21-22-15-17-29(24-12-5-4-11-23(22)24)16-10-19-30(2,3)18-8-9-20-35(31,32)33/h4-7,11-15,17,21H,8-10,16,18-20H2,1-3H3/q+1. The van der Waals surface area contributed by atoms with Crippen molar-refractivity contribution in [3.63, 3.8) is 0 Å². The first-order chi connectivity index (χ1) is 16.6. The molecule has 1 aromatic heterocycles. The fourth-order valence-electron chi connectivity index (χ4n) is 4.61. The summed E-state index contributed by atoms with van der Waals surface area (Å²) in [6.07, 6.45) is 6.64. The van der Waals surface area contributed by atoms with Crippen LogP contribution in [0.15, 0.2) is 70.7 Å². The number of nitrogens with zero attached hydrogens (tertiary/aromatic N) is 3. The van der Waals surface area contributed by atoms with E-state index in [-0.39, 0.29) is 5.75 Å². The number of anilines is 1. The van der Waals surface area contributed by atoms with Crippen LogP contribution in [0.3, 0.4) is 0 Å². The number of para-hydroxylation sites is 2. The number of hydrogen-bond donors (Lipinski definition) is 0. The van der Waals surface area contributed by atoms with E-state index in [4.69, 9.17) is 0 Å². The Bertz CT molecular complexity index is 1340. The second-order valence-electron chi connectivity index (χ2n) is 9.80. The van der Waals surface area contributed by atoms with E-state index in [1.54, 1.807) is 11.8 Å². The molecule has 6 nitrogen and oxygen atoms in total. The summed E-state index contributed by atoms with van der Waals surface area (Å²) < 4.78 is 35.6. The van der Waals surface area contributed by atoms with Gasteiger partial charge in [0.05, 0.1) is 59.8 Å². The molecule has 0 amide bonds. The Hall–Kier alpha value is -2.39. The van der Waals surface area contributed by atoms with E-state index in [2.05, 4.69) is 97.5 Å². The lowest BCUT2D eigenvalue weighted by Gasteiger charge is -2.29. The Morgan fingerprint density at radius 1 is 1.00 bits per heavy atom. The van der Waals surface area contributed by atoms with Gasteiger partial charge in [0.25, 0.3) is 0 Å². The van der Waals surface area contributed by atoms with Crippen LogP contribution in [-0.2, 0) is 16.7 Å². The molecule has 0 fully saturated rings. The normalized spacial score (nSPS) is 15.2. The van der Waals surface area contributed by atoms with Crippen LogP contribution < -0.4 is 9.47 Å². The largest absolute Gasteiger partial charge is 0.748 e. The van der Waals surface area contributed by atoms with Crippen LogP contribution in [0.4, 0.5) is 5.69 Å². The average Bonchev–Trinajstić information content (AvgIpc) is 3.13. The molecule has 4 rings (SSSR count).